The maximum Gasteiger partial charge on any atom is 0.227 e. The number of aromatic nitrogens is 4. The number of piperidine rings is 1. The van der Waals surface area contributed by atoms with Crippen molar-refractivity contribution in [1.29, 1.82) is 0 Å². The van der Waals surface area contributed by atoms with Crippen molar-refractivity contribution in [3.63, 3.8) is 0 Å². The summed E-state index contributed by atoms with van der Waals surface area (Å²) in [7, 11) is -3.45. The van der Waals surface area contributed by atoms with Crippen LogP contribution in [0.2, 0.25) is 0 Å². The van der Waals surface area contributed by atoms with Crippen LogP contribution in [0.3, 0.4) is 0 Å². The SMILES string of the molecule is Cc1nnnn1-c1cc(NC(=O)C2CCN(S(=O)(=O)Cc3ccccc3)CC2)ccc1F. The molecule has 1 amide bonds. The maximum absolute atomic E-state index is 14.2. The van der Waals surface area contributed by atoms with Crippen molar-refractivity contribution < 1.29 is 17.6 Å². The number of rotatable bonds is 6. The first-order valence-electron chi connectivity index (χ1n) is 10.2. The number of anilines is 1. The number of halogens is 1. The Bertz CT molecular complexity index is 1210. The standard InChI is InChI=1S/C21H23FN6O3S/c1-15-24-25-26-28(15)20-13-18(7-8-19(20)22)23-21(29)17-9-11-27(12-10-17)32(30,31)14-16-5-3-2-4-6-16/h2-8,13,17H,9-12,14H2,1H3,(H,23,29). The van der Waals surface area contributed by atoms with Crippen LogP contribution in [0.4, 0.5) is 10.1 Å². The Hall–Kier alpha value is -3.18. The average molecular weight is 459 g/mol. The molecule has 0 unspecified atom stereocenters. The number of nitrogens with one attached hydrogen (secondary N) is 1. The molecule has 168 valence electrons. The van der Waals surface area contributed by atoms with Crippen LogP contribution in [0.5, 0.6) is 0 Å². The van der Waals surface area contributed by atoms with Crippen LogP contribution in [-0.2, 0) is 20.6 Å². The Labute approximate surface area is 185 Å². The zero-order valence-electron chi connectivity index (χ0n) is 17.5. The van der Waals surface area contributed by atoms with Crippen molar-refractivity contribution in [3.8, 4) is 5.69 Å². The number of carbonyl (C=O) groups excluding carboxylic acids is 1. The first kappa shape index (κ1) is 22.0. The largest absolute Gasteiger partial charge is 0.326 e. The second-order valence-corrected chi connectivity index (χ2v) is 9.68. The lowest BCUT2D eigenvalue weighted by atomic mass is 9.97. The van der Waals surface area contributed by atoms with Gasteiger partial charge in [0.15, 0.2) is 5.82 Å². The van der Waals surface area contributed by atoms with Crippen molar-refractivity contribution in [2.24, 2.45) is 5.92 Å². The normalized spacial score (nSPS) is 15.6. The van der Waals surface area contributed by atoms with Gasteiger partial charge in [-0.1, -0.05) is 30.3 Å². The van der Waals surface area contributed by atoms with Crippen molar-refractivity contribution in [1.82, 2.24) is 24.5 Å². The molecule has 2 aromatic carbocycles. The fourth-order valence-electron chi connectivity index (χ4n) is 3.72. The molecule has 4 rings (SSSR count). The van der Waals surface area contributed by atoms with E-state index in [9.17, 15) is 17.6 Å². The summed E-state index contributed by atoms with van der Waals surface area (Å²) in [6, 6.07) is 13.2. The van der Waals surface area contributed by atoms with Gasteiger partial charge in [0, 0.05) is 24.7 Å². The predicted molar refractivity (Wildman–Crippen MR) is 116 cm³/mol. The Morgan fingerprint density at radius 1 is 1.16 bits per heavy atom. The summed E-state index contributed by atoms with van der Waals surface area (Å²) < 4.78 is 42.3. The molecule has 32 heavy (non-hydrogen) atoms. The van der Waals surface area contributed by atoms with Crippen LogP contribution >= 0.6 is 0 Å². The van der Waals surface area contributed by atoms with Crippen molar-refractivity contribution in [2.45, 2.75) is 25.5 Å². The molecule has 0 atom stereocenters. The third kappa shape index (κ3) is 4.83. The Kier molecular flexibility index (Phi) is 6.28. The minimum Gasteiger partial charge on any atom is -0.326 e. The fourth-order valence-corrected chi connectivity index (χ4v) is 5.29. The summed E-state index contributed by atoms with van der Waals surface area (Å²) >= 11 is 0. The molecule has 9 nitrogen and oxygen atoms in total. The molecule has 0 radical (unpaired) electrons. The summed E-state index contributed by atoms with van der Waals surface area (Å²) in [5.41, 5.74) is 1.28. The first-order chi connectivity index (χ1) is 15.3. The van der Waals surface area contributed by atoms with Crippen LogP contribution in [0.15, 0.2) is 48.5 Å². The number of nitrogens with zero attached hydrogens (tertiary/aromatic N) is 5. The topological polar surface area (TPSA) is 110 Å². The van der Waals surface area contributed by atoms with Crippen molar-refractivity contribution in [3.05, 3.63) is 65.7 Å². The highest BCUT2D eigenvalue weighted by molar-refractivity contribution is 7.88. The molecule has 2 heterocycles. The highest BCUT2D eigenvalue weighted by Gasteiger charge is 2.31. The lowest BCUT2D eigenvalue weighted by molar-refractivity contribution is -0.120. The molecule has 0 saturated carbocycles. The van der Waals surface area contributed by atoms with E-state index in [2.05, 4.69) is 20.8 Å². The minimum absolute atomic E-state index is 0.0559. The number of hydrogen-bond donors (Lipinski definition) is 1. The van der Waals surface area contributed by atoms with E-state index >= 15 is 0 Å². The zero-order valence-corrected chi connectivity index (χ0v) is 18.3. The number of amides is 1. The molecule has 0 aliphatic carbocycles. The van der Waals surface area contributed by atoms with E-state index in [1.165, 1.54) is 27.2 Å². The Morgan fingerprint density at radius 2 is 1.88 bits per heavy atom. The van der Waals surface area contributed by atoms with Gasteiger partial charge in [-0.3, -0.25) is 4.79 Å². The van der Waals surface area contributed by atoms with E-state index in [0.717, 1.165) is 5.56 Å². The molecule has 11 heteroatoms. The molecule has 1 aliphatic rings. The molecular weight excluding hydrogens is 435 g/mol. The van der Waals surface area contributed by atoms with Crippen LogP contribution in [-0.4, -0.2) is 51.9 Å². The second kappa shape index (κ2) is 9.13. The molecular formula is C21H23FN6O3S. The van der Waals surface area contributed by atoms with Gasteiger partial charge in [-0.15, -0.1) is 5.10 Å². The average Bonchev–Trinajstić information content (AvgIpc) is 3.21. The van der Waals surface area contributed by atoms with Gasteiger partial charge < -0.3 is 5.32 Å². The number of tetrazole rings is 1. The summed E-state index contributed by atoms with van der Waals surface area (Å²) in [6.45, 7) is 2.21. The number of benzene rings is 2. The monoisotopic (exact) mass is 458 g/mol. The van der Waals surface area contributed by atoms with Crippen molar-refractivity contribution in [2.75, 3.05) is 18.4 Å². The number of aryl methyl sites for hydroxylation is 1. The highest BCUT2D eigenvalue weighted by Crippen LogP contribution is 2.24. The van der Waals surface area contributed by atoms with Gasteiger partial charge in [-0.25, -0.2) is 17.1 Å². The molecule has 3 aromatic rings. The van der Waals surface area contributed by atoms with Gasteiger partial charge in [0.1, 0.15) is 11.5 Å². The van der Waals surface area contributed by atoms with Gasteiger partial charge in [0.25, 0.3) is 0 Å². The van der Waals surface area contributed by atoms with Gasteiger partial charge in [-0.05, 0) is 54.0 Å². The fraction of sp³-hybridized carbons (Fsp3) is 0.333. The molecule has 1 aromatic heterocycles. The molecule has 0 bridgehead atoms. The molecule has 1 aliphatic heterocycles. The minimum atomic E-state index is -3.45. The van der Waals surface area contributed by atoms with Gasteiger partial charge in [0.05, 0.1) is 5.75 Å². The number of sulfonamides is 1. The number of carbonyl (C=O) groups is 1. The van der Waals surface area contributed by atoms with E-state index in [-0.39, 0.29) is 36.4 Å². The molecule has 1 N–H and O–H groups in total. The second-order valence-electron chi connectivity index (χ2n) is 7.71. The van der Waals surface area contributed by atoms with E-state index in [1.54, 1.807) is 19.1 Å². The van der Waals surface area contributed by atoms with E-state index in [0.29, 0.717) is 24.4 Å². The molecule has 0 spiro atoms. The first-order valence-corrected chi connectivity index (χ1v) is 11.8. The van der Waals surface area contributed by atoms with Crippen LogP contribution in [0.25, 0.3) is 5.69 Å². The smallest absolute Gasteiger partial charge is 0.227 e. The summed E-state index contributed by atoms with van der Waals surface area (Å²) in [5.74, 6) is -0.719. The third-order valence-electron chi connectivity index (χ3n) is 5.48. The zero-order chi connectivity index (χ0) is 22.7. The highest BCUT2D eigenvalue weighted by atomic mass is 32.2. The van der Waals surface area contributed by atoms with E-state index < -0.39 is 15.8 Å². The Balaban J connectivity index is 1.38. The van der Waals surface area contributed by atoms with Gasteiger partial charge >= 0.3 is 0 Å². The summed E-state index contributed by atoms with van der Waals surface area (Å²) in [5, 5.41) is 13.8. The van der Waals surface area contributed by atoms with Gasteiger partial charge in [-0.2, -0.15) is 4.68 Å². The van der Waals surface area contributed by atoms with Crippen LogP contribution in [0, 0.1) is 18.7 Å². The van der Waals surface area contributed by atoms with Crippen LogP contribution < -0.4 is 5.32 Å². The lowest BCUT2D eigenvalue weighted by Gasteiger charge is -2.30. The third-order valence-corrected chi connectivity index (χ3v) is 7.33. The maximum atomic E-state index is 14.2. The van der Waals surface area contributed by atoms with Crippen molar-refractivity contribution >= 4 is 21.6 Å². The number of hydrogen-bond acceptors (Lipinski definition) is 6. The lowest BCUT2D eigenvalue weighted by Crippen LogP contribution is -2.41. The Morgan fingerprint density at radius 3 is 2.53 bits per heavy atom. The van der Waals surface area contributed by atoms with E-state index in [1.807, 2.05) is 18.2 Å². The summed E-state index contributed by atoms with van der Waals surface area (Å²) in [6.07, 6.45) is 0.833. The van der Waals surface area contributed by atoms with Crippen LogP contribution in [0.1, 0.15) is 24.2 Å². The quantitative estimate of drug-likeness (QED) is 0.607. The predicted octanol–water partition coefficient (Wildman–Crippen LogP) is 2.29. The molecule has 1 fully saturated rings. The van der Waals surface area contributed by atoms with Gasteiger partial charge in [0.2, 0.25) is 15.9 Å². The summed E-state index contributed by atoms with van der Waals surface area (Å²) in [4.78, 5) is 12.7. The van der Waals surface area contributed by atoms with E-state index in [4.69, 9.17) is 0 Å². The molecule has 1 saturated heterocycles.